The molecule has 0 aromatic heterocycles. The van der Waals surface area contributed by atoms with Crippen LogP contribution in [0.25, 0.3) is 10.8 Å². The third kappa shape index (κ3) is 3.45. The first-order chi connectivity index (χ1) is 10.3. The third-order valence-electron chi connectivity index (χ3n) is 3.73. The molecule has 0 bridgehead atoms. The smallest absolute Gasteiger partial charge is 0.247 e. The second-order valence-corrected chi connectivity index (χ2v) is 7.65. The van der Waals surface area contributed by atoms with Crippen LogP contribution in [0.5, 0.6) is 0 Å². The van der Waals surface area contributed by atoms with Crippen molar-refractivity contribution in [2.75, 3.05) is 5.75 Å². The lowest BCUT2D eigenvalue weighted by atomic mass is 9.97. The first kappa shape index (κ1) is 16.5. The number of benzene rings is 2. The molecule has 0 saturated carbocycles. The Bertz CT molecular complexity index is 784. The standard InChI is InChI=1S/C16H19NO4S/c1-11(2)15(16(18)17-19)10-22(20,21)14-8-7-12-5-3-4-6-13(12)9-14/h3-9,11,15,19H,10H2,1-2H3,(H,17,18)/t15-/m1/s1. The predicted molar refractivity (Wildman–Crippen MR) is 84.3 cm³/mol. The highest BCUT2D eigenvalue weighted by molar-refractivity contribution is 7.91. The SMILES string of the molecule is CC(C)[C@@H](CS(=O)(=O)c1ccc2ccccc2c1)C(=O)NO. The Balaban J connectivity index is 2.37. The highest BCUT2D eigenvalue weighted by atomic mass is 32.2. The molecule has 0 unspecified atom stereocenters. The topological polar surface area (TPSA) is 83.5 Å². The van der Waals surface area contributed by atoms with Gasteiger partial charge in [0.05, 0.1) is 16.6 Å². The molecular formula is C16H19NO4S. The van der Waals surface area contributed by atoms with Gasteiger partial charge in [0.25, 0.3) is 0 Å². The molecule has 22 heavy (non-hydrogen) atoms. The highest BCUT2D eigenvalue weighted by Gasteiger charge is 2.29. The molecule has 0 aliphatic carbocycles. The Morgan fingerprint density at radius 3 is 2.36 bits per heavy atom. The zero-order chi connectivity index (χ0) is 16.3. The number of nitrogens with one attached hydrogen (secondary N) is 1. The van der Waals surface area contributed by atoms with Crippen molar-refractivity contribution >= 4 is 26.5 Å². The average molecular weight is 321 g/mol. The van der Waals surface area contributed by atoms with Gasteiger partial charge in [-0.2, -0.15) is 0 Å². The minimum atomic E-state index is -3.62. The molecule has 5 nitrogen and oxygen atoms in total. The summed E-state index contributed by atoms with van der Waals surface area (Å²) in [5.41, 5.74) is 1.55. The number of hydrogen-bond donors (Lipinski definition) is 2. The molecular weight excluding hydrogens is 302 g/mol. The van der Waals surface area contributed by atoms with Gasteiger partial charge >= 0.3 is 0 Å². The van der Waals surface area contributed by atoms with Crippen LogP contribution in [0.15, 0.2) is 47.4 Å². The summed E-state index contributed by atoms with van der Waals surface area (Å²) >= 11 is 0. The number of hydrogen-bond acceptors (Lipinski definition) is 4. The molecule has 0 heterocycles. The van der Waals surface area contributed by atoms with Crippen molar-refractivity contribution in [1.29, 1.82) is 0 Å². The second-order valence-electron chi connectivity index (χ2n) is 5.62. The Hall–Kier alpha value is -1.92. The number of carbonyl (C=O) groups excluding carboxylic acids is 1. The van der Waals surface area contributed by atoms with Crippen molar-refractivity contribution in [3.8, 4) is 0 Å². The lowest BCUT2D eigenvalue weighted by Gasteiger charge is -2.18. The van der Waals surface area contributed by atoms with Gasteiger partial charge in [-0.15, -0.1) is 0 Å². The van der Waals surface area contributed by atoms with E-state index in [0.717, 1.165) is 10.8 Å². The largest absolute Gasteiger partial charge is 0.289 e. The number of carbonyl (C=O) groups is 1. The first-order valence-electron chi connectivity index (χ1n) is 7.00. The van der Waals surface area contributed by atoms with Gasteiger partial charge < -0.3 is 0 Å². The van der Waals surface area contributed by atoms with Crippen LogP contribution in [0, 0.1) is 11.8 Å². The summed E-state index contributed by atoms with van der Waals surface area (Å²) in [6.07, 6.45) is 0. The number of fused-ring (bicyclic) bond motifs is 1. The minimum absolute atomic E-state index is 0.183. The summed E-state index contributed by atoms with van der Waals surface area (Å²) in [6, 6.07) is 12.4. The van der Waals surface area contributed by atoms with Crippen molar-refractivity contribution in [2.24, 2.45) is 11.8 Å². The number of amides is 1. The Labute approximate surface area is 129 Å². The first-order valence-corrected chi connectivity index (χ1v) is 8.66. The van der Waals surface area contributed by atoms with Gasteiger partial charge in [-0.05, 0) is 28.8 Å². The average Bonchev–Trinajstić information content (AvgIpc) is 2.51. The second kappa shape index (κ2) is 6.46. The van der Waals surface area contributed by atoms with E-state index in [1.807, 2.05) is 24.3 Å². The fourth-order valence-corrected chi connectivity index (χ4v) is 4.13. The van der Waals surface area contributed by atoms with Gasteiger partial charge in [-0.3, -0.25) is 10.0 Å². The van der Waals surface area contributed by atoms with Gasteiger partial charge in [-0.25, -0.2) is 13.9 Å². The fourth-order valence-electron chi connectivity index (χ4n) is 2.35. The summed E-state index contributed by atoms with van der Waals surface area (Å²) in [6.45, 7) is 3.49. The van der Waals surface area contributed by atoms with Crippen molar-refractivity contribution in [1.82, 2.24) is 5.48 Å². The van der Waals surface area contributed by atoms with Crippen molar-refractivity contribution < 1.29 is 18.4 Å². The predicted octanol–water partition coefficient (Wildman–Crippen LogP) is 2.39. The maximum atomic E-state index is 12.5. The molecule has 118 valence electrons. The molecule has 0 fully saturated rings. The summed E-state index contributed by atoms with van der Waals surface area (Å²) < 4.78 is 25.1. The van der Waals surface area contributed by atoms with Crippen LogP contribution in [0.2, 0.25) is 0 Å². The van der Waals surface area contributed by atoms with Crippen LogP contribution in [0.4, 0.5) is 0 Å². The van der Waals surface area contributed by atoms with E-state index in [4.69, 9.17) is 5.21 Å². The quantitative estimate of drug-likeness (QED) is 0.654. The Morgan fingerprint density at radius 1 is 1.14 bits per heavy atom. The van der Waals surface area contributed by atoms with E-state index < -0.39 is 21.7 Å². The maximum absolute atomic E-state index is 12.5. The molecule has 2 N–H and O–H groups in total. The van der Waals surface area contributed by atoms with Crippen LogP contribution in [0.1, 0.15) is 13.8 Å². The van der Waals surface area contributed by atoms with E-state index in [9.17, 15) is 13.2 Å². The molecule has 0 spiro atoms. The van der Waals surface area contributed by atoms with Gasteiger partial charge in [0, 0.05) is 0 Å². The molecule has 6 heteroatoms. The van der Waals surface area contributed by atoms with Gasteiger partial charge in [0.1, 0.15) is 0 Å². The molecule has 2 aromatic rings. The lowest BCUT2D eigenvalue weighted by molar-refractivity contribution is -0.133. The van der Waals surface area contributed by atoms with Crippen LogP contribution < -0.4 is 5.48 Å². The fraction of sp³-hybridized carbons (Fsp3) is 0.312. The van der Waals surface area contributed by atoms with Crippen LogP contribution in [0.3, 0.4) is 0 Å². The molecule has 0 radical (unpaired) electrons. The molecule has 1 atom stereocenters. The van der Waals surface area contributed by atoms with Crippen molar-refractivity contribution in [3.05, 3.63) is 42.5 Å². The van der Waals surface area contributed by atoms with Crippen LogP contribution >= 0.6 is 0 Å². The van der Waals surface area contributed by atoms with Crippen molar-refractivity contribution in [2.45, 2.75) is 18.7 Å². The van der Waals surface area contributed by atoms with E-state index in [2.05, 4.69) is 0 Å². The van der Waals surface area contributed by atoms with E-state index in [0.29, 0.717) is 0 Å². The van der Waals surface area contributed by atoms with E-state index in [-0.39, 0.29) is 16.6 Å². The summed E-state index contributed by atoms with van der Waals surface area (Å²) in [4.78, 5) is 11.8. The summed E-state index contributed by atoms with van der Waals surface area (Å²) in [5.74, 6) is -2.03. The molecule has 0 aliphatic rings. The Morgan fingerprint density at radius 2 is 1.77 bits per heavy atom. The number of sulfone groups is 1. The maximum Gasteiger partial charge on any atom is 0.247 e. The van der Waals surface area contributed by atoms with E-state index in [1.54, 1.807) is 37.5 Å². The molecule has 2 aromatic carbocycles. The monoisotopic (exact) mass is 321 g/mol. The minimum Gasteiger partial charge on any atom is -0.289 e. The molecule has 2 rings (SSSR count). The third-order valence-corrected chi connectivity index (χ3v) is 5.50. The summed E-state index contributed by atoms with van der Waals surface area (Å²) in [5, 5.41) is 10.6. The van der Waals surface area contributed by atoms with E-state index >= 15 is 0 Å². The lowest BCUT2D eigenvalue weighted by Crippen LogP contribution is -2.36. The van der Waals surface area contributed by atoms with E-state index in [1.165, 1.54) is 0 Å². The van der Waals surface area contributed by atoms with Crippen LogP contribution in [-0.2, 0) is 14.6 Å². The molecule has 0 aliphatic heterocycles. The zero-order valence-electron chi connectivity index (χ0n) is 12.5. The molecule has 1 amide bonds. The van der Waals surface area contributed by atoms with Crippen molar-refractivity contribution in [3.63, 3.8) is 0 Å². The van der Waals surface area contributed by atoms with Crippen LogP contribution in [-0.4, -0.2) is 25.3 Å². The normalized spacial score (nSPS) is 13.3. The number of rotatable bonds is 5. The Kier molecular flexibility index (Phi) is 4.83. The highest BCUT2D eigenvalue weighted by Crippen LogP contribution is 2.23. The summed E-state index contributed by atoms with van der Waals surface area (Å²) in [7, 11) is -3.62. The number of hydroxylamine groups is 1. The molecule has 0 saturated heterocycles. The van der Waals surface area contributed by atoms with Gasteiger partial charge in [0.2, 0.25) is 5.91 Å². The van der Waals surface area contributed by atoms with Gasteiger partial charge in [-0.1, -0.05) is 44.2 Å². The zero-order valence-corrected chi connectivity index (χ0v) is 13.3. The van der Waals surface area contributed by atoms with Gasteiger partial charge in [0.15, 0.2) is 9.84 Å².